The van der Waals surface area contributed by atoms with E-state index in [9.17, 15) is 0 Å². The van der Waals surface area contributed by atoms with Crippen molar-refractivity contribution in [2.24, 2.45) is 17.3 Å². The van der Waals surface area contributed by atoms with Crippen LogP contribution in [0.4, 0.5) is 0 Å². The molecular formula is C14H28. The zero-order chi connectivity index (χ0) is 11.4. The van der Waals surface area contributed by atoms with Gasteiger partial charge in [0.1, 0.15) is 0 Å². The summed E-state index contributed by atoms with van der Waals surface area (Å²) in [4.78, 5) is 0. The third kappa shape index (κ3) is 5.47. The Bertz CT molecular complexity index is 171. The molecule has 0 N–H and O–H groups in total. The molecule has 0 saturated carbocycles. The number of allylic oxidation sites excluding steroid dienone is 1. The van der Waals surface area contributed by atoms with Crippen LogP contribution in [0.15, 0.2) is 12.2 Å². The van der Waals surface area contributed by atoms with Crippen LogP contribution in [0.3, 0.4) is 0 Å². The second-order valence-electron chi connectivity index (χ2n) is 5.95. The molecule has 0 saturated heterocycles. The molecule has 0 spiro atoms. The van der Waals surface area contributed by atoms with E-state index in [-0.39, 0.29) is 0 Å². The minimum atomic E-state index is 0.386. The molecule has 0 fully saturated rings. The Hall–Kier alpha value is -0.260. The Morgan fingerprint density at radius 1 is 1.21 bits per heavy atom. The van der Waals surface area contributed by atoms with Gasteiger partial charge in [0.05, 0.1) is 0 Å². The third-order valence-electron chi connectivity index (χ3n) is 3.00. The lowest BCUT2D eigenvalue weighted by Gasteiger charge is -2.27. The Morgan fingerprint density at radius 3 is 2.07 bits per heavy atom. The molecule has 0 aliphatic heterocycles. The quantitative estimate of drug-likeness (QED) is 0.540. The Balaban J connectivity index is 4.12. The number of hydrogen-bond acceptors (Lipinski definition) is 0. The van der Waals surface area contributed by atoms with Crippen LogP contribution in [0.5, 0.6) is 0 Å². The van der Waals surface area contributed by atoms with Crippen LogP contribution >= 0.6 is 0 Å². The molecule has 0 aliphatic carbocycles. The number of hydrogen-bond donors (Lipinski definition) is 0. The first-order chi connectivity index (χ1) is 6.28. The van der Waals surface area contributed by atoms with Crippen LogP contribution in [0, 0.1) is 17.3 Å². The second kappa shape index (κ2) is 5.58. The molecule has 0 amide bonds. The van der Waals surface area contributed by atoms with Crippen molar-refractivity contribution >= 4 is 0 Å². The van der Waals surface area contributed by atoms with Gasteiger partial charge in [0, 0.05) is 0 Å². The highest BCUT2D eigenvalue weighted by Crippen LogP contribution is 2.31. The maximum absolute atomic E-state index is 4.24. The van der Waals surface area contributed by atoms with Crippen molar-refractivity contribution in [1.29, 1.82) is 0 Å². The topological polar surface area (TPSA) is 0 Å². The Labute approximate surface area is 90.8 Å². The van der Waals surface area contributed by atoms with E-state index in [2.05, 4.69) is 48.1 Å². The fourth-order valence-corrected chi connectivity index (χ4v) is 1.95. The second-order valence-corrected chi connectivity index (χ2v) is 5.95. The summed E-state index contributed by atoms with van der Waals surface area (Å²) in [5.41, 5.74) is 1.82. The molecule has 14 heavy (non-hydrogen) atoms. The summed E-state index contributed by atoms with van der Waals surface area (Å²) >= 11 is 0. The molecule has 0 nitrogen and oxygen atoms in total. The first-order valence-corrected chi connectivity index (χ1v) is 5.95. The van der Waals surface area contributed by atoms with E-state index in [1.54, 1.807) is 0 Å². The molecule has 0 aromatic heterocycles. The Kier molecular flexibility index (Phi) is 5.48. The first kappa shape index (κ1) is 13.7. The van der Waals surface area contributed by atoms with E-state index in [1.807, 2.05) is 0 Å². The SMILES string of the molecule is C=C(CC(C)(C)C)C(C)C(C)CCC. The largest absolute Gasteiger partial charge is 0.0996 e. The van der Waals surface area contributed by atoms with Gasteiger partial charge in [-0.15, -0.1) is 0 Å². The van der Waals surface area contributed by atoms with Crippen molar-refractivity contribution in [2.45, 2.75) is 60.8 Å². The average Bonchev–Trinajstić information content (AvgIpc) is 2.00. The molecule has 0 heterocycles. The lowest BCUT2D eigenvalue weighted by atomic mass is 9.79. The molecule has 84 valence electrons. The van der Waals surface area contributed by atoms with Gasteiger partial charge in [-0.1, -0.05) is 66.5 Å². The van der Waals surface area contributed by atoms with Gasteiger partial charge >= 0.3 is 0 Å². The number of rotatable bonds is 5. The van der Waals surface area contributed by atoms with Crippen molar-refractivity contribution in [3.05, 3.63) is 12.2 Å². The van der Waals surface area contributed by atoms with Crippen LogP contribution in [-0.4, -0.2) is 0 Å². The van der Waals surface area contributed by atoms with Gasteiger partial charge in [0.2, 0.25) is 0 Å². The Morgan fingerprint density at radius 2 is 1.71 bits per heavy atom. The predicted molar refractivity (Wildman–Crippen MR) is 66.4 cm³/mol. The molecule has 2 unspecified atom stereocenters. The fraction of sp³-hybridized carbons (Fsp3) is 0.857. The zero-order valence-electron chi connectivity index (χ0n) is 11.0. The van der Waals surface area contributed by atoms with Crippen molar-refractivity contribution in [3.63, 3.8) is 0 Å². The molecule has 0 aliphatic rings. The van der Waals surface area contributed by atoms with Gasteiger partial charge in [0.15, 0.2) is 0 Å². The molecule has 0 aromatic rings. The lowest BCUT2D eigenvalue weighted by molar-refractivity contribution is 0.346. The molecular weight excluding hydrogens is 168 g/mol. The highest BCUT2D eigenvalue weighted by atomic mass is 14.2. The summed E-state index contributed by atoms with van der Waals surface area (Å²) in [6, 6.07) is 0. The maximum Gasteiger partial charge on any atom is -0.0208 e. The summed E-state index contributed by atoms with van der Waals surface area (Å²) in [5, 5.41) is 0. The lowest BCUT2D eigenvalue weighted by Crippen LogP contribution is -2.15. The molecule has 2 atom stereocenters. The smallest absolute Gasteiger partial charge is 0.0208 e. The van der Waals surface area contributed by atoms with E-state index < -0.39 is 0 Å². The summed E-state index contributed by atoms with van der Waals surface area (Å²) in [6.45, 7) is 18.0. The van der Waals surface area contributed by atoms with Crippen LogP contribution in [0.1, 0.15) is 60.8 Å². The minimum Gasteiger partial charge on any atom is -0.0996 e. The van der Waals surface area contributed by atoms with Gasteiger partial charge in [-0.05, 0) is 23.7 Å². The average molecular weight is 196 g/mol. The third-order valence-corrected chi connectivity index (χ3v) is 3.00. The van der Waals surface area contributed by atoms with Crippen molar-refractivity contribution in [3.8, 4) is 0 Å². The monoisotopic (exact) mass is 196 g/mol. The minimum absolute atomic E-state index is 0.386. The van der Waals surface area contributed by atoms with Crippen LogP contribution in [0.2, 0.25) is 0 Å². The molecule has 0 aromatic carbocycles. The highest BCUT2D eigenvalue weighted by molar-refractivity contribution is 5.03. The van der Waals surface area contributed by atoms with Crippen LogP contribution in [-0.2, 0) is 0 Å². The molecule has 0 radical (unpaired) electrons. The van der Waals surface area contributed by atoms with Gasteiger partial charge in [0.25, 0.3) is 0 Å². The van der Waals surface area contributed by atoms with E-state index >= 15 is 0 Å². The zero-order valence-corrected chi connectivity index (χ0v) is 11.0. The van der Waals surface area contributed by atoms with E-state index in [4.69, 9.17) is 0 Å². The van der Waals surface area contributed by atoms with E-state index in [1.165, 1.54) is 18.4 Å². The molecule has 0 bridgehead atoms. The summed E-state index contributed by atoms with van der Waals surface area (Å²) < 4.78 is 0. The predicted octanol–water partition coefficient (Wildman–Crippen LogP) is 5.05. The van der Waals surface area contributed by atoms with Crippen LogP contribution in [0.25, 0.3) is 0 Å². The van der Waals surface area contributed by atoms with Gasteiger partial charge in [-0.3, -0.25) is 0 Å². The first-order valence-electron chi connectivity index (χ1n) is 5.95. The van der Waals surface area contributed by atoms with Crippen molar-refractivity contribution < 1.29 is 0 Å². The van der Waals surface area contributed by atoms with Gasteiger partial charge in [-0.25, -0.2) is 0 Å². The van der Waals surface area contributed by atoms with Gasteiger partial charge < -0.3 is 0 Å². The summed E-state index contributed by atoms with van der Waals surface area (Å²) in [6.07, 6.45) is 3.76. The normalized spacial score (nSPS) is 16.4. The van der Waals surface area contributed by atoms with E-state index in [0.29, 0.717) is 11.3 Å². The van der Waals surface area contributed by atoms with E-state index in [0.717, 1.165) is 12.3 Å². The standard InChI is InChI=1S/C14H28/c1-8-9-11(2)13(4)12(3)10-14(5,6)7/h11,13H,3,8-10H2,1-2,4-7H3. The fourth-order valence-electron chi connectivity index (χ4n) is 1.95. The summed E-state index contributed by atoms with van der Waals surface area (Å²) in [7, 11) is 0. The molecule has 0 rings (SSSR count). The van der Waals surface area contributed by atoms with Gasteiger partial charge in [-0.2, -0.15) is 0 Å². The summed E-state index contributed by atoms with van der Waals surface area (Å²) in [5.74, 6) is 1.46. The molecule has 0 heteroatoms. The highest BCUT2D eigenvalue weighted by Gasteiger charge is 2.19. The maximum atomic E-state index is 4.24. The van der Waals surface area contributed by atoms with Crippen LogP contribution < -0.4 is 0 Å². The van der Waals surface area contributed by atoms with Crippen molar-refractivity contribution in [2.75, 3.05) is 0 Å². The van der Waals surface area contributed by atoms with Crippen molar-refractivity contribution in [1.82, 2.24) is 0 Å².